The zero-order chi connectivity index (χ0) is 20.8. The molecule has 0 radical (unpaired) electrons. The third-order valence-electron chi connectivity index (χ3n) is 3.79. The van der Waals surface area contributed by atoms with Crippen molar-refractivity contribution < 1.29 is 9.47 Å². The minimum Gasteiger partial charge on any atom is -0.497 e. The van der Waals surface area contributed by atoms with Crippen molar-refractivity contribution in [3.63, 3.8) is 0 Å². The van der Waals surface area contributed by atoms with Crippen molar-refractivity contribution >= 4 is 0 Å². The van der Waals surface area contributed by atoms with Crippen molar-refractivity contribution in [2.45, 2.75) is 60.8 Å². The van der Waals surface area contributed by atoms with Gasteiger partial charge >= 0.3 is 0 Å². The van der Waals surface area contributed by atoms with E-state index in [-0.39, 0.29) is 5.41 Å². The predicted octanol–water partition coefficient (Wildman–Crippen LogP) is 7.36. The van der Waals surface area contributed by atoms with Crippen molar-refractivity contribution in [1.82, 2.24) is 0 Å². The average Bonchev–Trinajstić information content (AvgIpc) is 2.67. The van der Waals surface area contributed by atoms with Gasteiger partial charge in [0.15, 0.2) is 0 Å². The van der Waals surface area contributed by atoms with Gasteiger partial charge in [-0.3, -0.25) is 0 Å². The van der Waals surface area contributed by atoms with E-state index in [1.807, 2.05) is 52.0 Å². The largest absolute Gasteiger partial charge is 0.497 e. The Morgan fingerprint density at radius 3 is 2.04 bits per heavy atom. The molecular formula is C24H40O2. The summed E-state index contributed by atoms with van der Waals surface area (Å²) in [6, 6.07) is 5.89. The molecule has 26 heavy (non-hydrogen) atoms. The minimum absolute atomic E-state index is 0.233. The maximum atomic E-state index is 5.53. The van der Waals surface area contributed by atoms with Crippen LogP contribution in [0.1, 0.15) is 61.0 Å². The van der Waals surface area contributed by atoms with Crippen LogP contribution in [0.15, 0.2) is 54.7 Å². The van der Waals surface area contributed by atoms with Crippen molar-refractivity contribution in [2.24, 2.45) is 5.92 Å². The summed E-state index contributed by atoms with van der Waals surface area (Å²) in [6.45, 7) is 20.6. The summed E-state index contributed by atoms with van der Waals surface area (Å²) in [7, 11) is 3.37. The lowest BCUT2D eigenvalue weighted by molar-refractivity contribution is 0.391. The molecule has 0 aliphatic heterocycles. The smallest absolute Gasteiger partial charge is 0.123 e. The maximum Gasteiger partial charge on any atom is 0.123 e. The Morgan fingerprint density at radius 2 is 1.62 bits per heavy atom. The molecule has 0 bridgehead atoms. The average molecular weight is 361 g/mol. The molecular weight excluding hydrogens is 320 g/mol. The summed E-state index contributed by atoms with van der Waals surface area (Å²) in [5, 5.41) is 0. The molecule has 0 unspecified atom stereocenters. The molecule has 0 amide bonds. The zero-order valence-corrected chi connectivity index (χ0v) is 18.6. The fourth-order valence-corrected chi connectivity index (χ4v) is 2.37. The summed E-state index contributed by atoms with van der Waals surface area (Å²) in [4.78, 5) is 0. The third kappa shape index (κ3) is 7.95. The monoisotopic (exact) mass is 360 g/mol. The summed E-state index contributed by atoms with van der Waals surface area (Å²) in [5.74, 6) is 2.20. The lowest BCUT2D eigenvalue weighted by atomic mass is 9.76. The first-order valence-corrected chi connectivity index (χ1v) is 9.60. The van der Waals surface area contributed by atoms with Gasteiger partial charge in [0.05, 0.1) is 14.2 Å². The van der Waals surface area contributed by atoms with Crippen LogP contribution in [-0.2, 0) is 5.41 Å². The lowest BCUT2D eigenvalue weighted by Gasteiger charge is -2.29. The highest BCUT2D eigenvalue weighted by atomic mass is 16.5. The number of rotatable bonds is 7. The molecule has 0 saturated heterocycles. The Morgan fingerprint density at radius 1 is 1.04 bits per heavy atom. The van der Waals surface area contributed by atoms with Gasteiger partial charge in [0.2, 0.25) is 0 Å². The van der Waals surface area contributed by atoms with Crippen LogP contribution in [0.2, 0.25) is 0 Å². The van der Waals surface area contributed by atoms with E-state index >= 15 is 0 Å². The molecule has 2 heteroatoms. The van der Waals surface area contributed by atoms with Crippen LogP contribution in [0, 0.1) is 5.92 Å². The van der Waals surface area contributed by atoms with Gasteiger partial charge in [-0.2, -0.15) is 0 Å². The van der Waals surface area contributed by atoms with Crippen LogP contribution in [-0.4, -0.2) is 14.2 Å². The first-order chi connectivity index (χ1) is 12.4. The molecule has 1 rings (SSSR count). The van der Waals surface area contributed by atoms with Crippen LogP contribution in [0.25, 0.3) is 0 Å². The fraction of sp³-hybridized carbons (Fsp3) is 0.500. The Kier molecular flexibility index (Phi) is 14.4. The highest BCUT2D eigenvalue weighted by Gasteiger charge is 2.27. The van der Waals surface area contributed by atoms with Crippen LogP contribution < -0.4 is 9.47 Å². The van der Waals surface area contributed by atoms with Crippen LogP contribution >= 0.6 is 0 Å². The zero-order valence-electron chi connectivity index (χ0n) is 18.6. The van der Waals surface area contributed by atoms with Gasteiger partial charge in [-0.25, -0.2) is 0 Å². The highest BCUT2D eigenvalue weighted by Crippen LogP contribution is 2.39. The molecule has 0 aliphatic rings. The third-order valence-corrected chi connectivity index (χ3v) is 3.79. The van der Waals surface area contributed by atoms with Gasteiger partial charge in [0, 0.05) is 11.0 Å². The van der Waals surface area contributed by atoms with E-state index in [2.05, 4.69) is 52.5 Å². The molecule has 2 nitrogen and oxygen atoms in total. The van der Waals surface area contributed by atoms with Crippen molar-refractivity contribution in [2.75, 3.05) is 14.2 Å². The normalized spacial score (nSPS) is 11.3. The first-order valence-electron chi connectivity index (χ1n) is 9.60. The topological polar surface area (TPSA) is 18.5 Å². The molecule has 0 spiro atoms. The van der Waals surface area contributed by atoms with Gasteiger partial charge in [-0.1, -0.05) is 86.3 Å². The van der Waals surface area contributed by atoms with Gasteiger partial charge in [-0.05, 0) is 29.7 Å². The van der Waals surface area contributed by atoms with Gasteiger partial charge in [0.25, 0.3) is 0 Å². The van der Waals surface area contributed by atoms with Crippen LogP contribution in [0.3, 0.4) is 0 Å². The van der Waals surface area contributed by atoms with E-state index in [9.17, 15) is 0 Å². The number of allylic oxidation sites excluding steroid dienone is 5. The number of ether oxygens (including phenoxy) is 2. The lowest BCUT2D eigenvalue weighted by Crippen LogP contribution is -2.20. The maximum absolute atomic E-state index is 5.53. The van der Waals surface area contributed by atoms with E-state index in [1.165, 1.54) is 0 Å². The molecule has 0 aliphatic carbocycles. The van der Waals surface area contributed by atoms with Crippen molar-refractivity contribution in [3.05, 3.63) is 60.2 Å². The van der Waals surface area contributed by atoms with Gasteiger partial charge in [0.1, 0.15) is 11.5 Å². The van der Waals surface area contributed by atoms with Gasteiger partial charge in [-0.15, -0.1) is 0 Å². The Bertz CT molecular complexity index is 564. The van der Waals surface area contributed by atoms with E-state index in [0.29, 0.717) is 5.92 Å². The Hall–Kier alpha value is -1.96. The Labute approximate surface area is 162 Å². The second-order valence-electron chi connectivity index (χ2n) is 6.15. The summed E-state index contributed by atoms with van der Waals surface area (Å²) >= 11 is 0. The molecule has 0 saturated carbocycles. The molecule has 0 heterocycles. The fourth-order valence-electron chi connectivity index (χ4n) is 2.37. The van der Waals surface area contributed by atoms with Crippen molar-refractivity contribution in [3.8, 4) is 11.5 Å². The van der Waals surface area contributed by atoms with E-state index in [0.717, 1.165) is 22.6 Å². The number of hydrogen-bond acceptors (Lipinski definition) is 2. The SMILES string of the molecule is C=C/C(=C\C=C/C(C)C)C(C)(C)c1cc(OC)ccc1OC.CC.CC. The molecule has 0 fully saturated rings. The first kappa shape index (κ1) is 26.3. The molecule has 1 aromatic rings. The second kappa shape index (κ2) is 14.2. The summed E-state index contributed by atoms with van der Waals surface area (Å²) < 4.78 is 10.9. The Balaban J connectivity index is 0. The van der Waals surface area contributed by atoms with E-state index < -0.39 is 0 Å². The summed E-state index contributed by atoms with van der Waals surface area (Å²) in [6.07, 6.45) is 8.29. The quantitative estimate of drug-likeness (QED) is 0.473. The standard InChI is InChI=1S/C20H28O2.2C2H6/c1-8-16(11-9-10-15(2)3)20(4,5)18-14-17(21-6)12-13-19(18)22-7;2*1-2/h8-15H,1H2,2-7H3;2*1-2H3/b10-9-,16-11+;;. The molecule has 0 atom stereocenters. The molecule has 148 valence electrons. The molecule has 0 aromatic heterocycles. The van der Waals surface area contributed by atoms with E-state index in [4.69, 9.17) is 9.47 Å². The van der Waals surface area contributed by atoms with Gasteiger partial charge < -0.3 is 9.47 Å². The molecule has 1 aromatic carbocycles. The number of methoxy groups -OCH3 is 2. The van der Waals surface area contributed by atoms with Crippen molar-refractivity contribution in [1.29, 1.82) is 0 Å². The van der Waals surface area contributed by atoms with Crippen LogP contribution in [0.5, 0.6) is 11.5 Å². The highest BCUT2D eigenvalue weighted by molar-refractivity contribution is 5.51. The second-order valence-corrected chi connectivity index (χ2v) is 6.15. The predicted molar refractivity (Wildman–Crippen MR) is 118 cm³/mol. The minimum atomic E-state index is -0.233. The summed E-state index contributed by atoms with van der Waals surface area (Å²) in [5.41, 5.74) is 1.98. The van der Waals surface area contributed by atoms with E-state index in [1.54, 1.807) is 14.2 Å². The van der Waals surface area contributed by atoms with Crippen LogP contribution in [0.4, 0.5) is 0 Å². The number of hydrogen-bond donors (Lipinski definition) is 0. The molecule has 0 N–H and O–H groups in total. The number of benzene rings is 1.